The summed E-state index contributed by atoms with van der Waals surface area (Å²) in [5.74, 6) is 0.217. The summed E-state index contributed by atoms with van der Waals surface area (Å²) in [4.78, 5) is 28.4. The molecule has 8 nitrogen and oxygen atoms in total. The van der Waals surface area contributed by atoms with Gasteiger partial charge in [-0.1, -0.05) is 0 Å². The van der Waals surface area contributed by atoms with Gasteiger partial charge in [-0.2, -0.15) is 5.10 Å². The van der Waals surface area contributed by atoms with Gasteiger partial charge in [0.05, 0.1) is 12.3 Å². The Hall–Kier alpha value is -3.42. The van der Waals surface area contributed by atoms with Gasteiger partial charge in [0, 0.05) is 11.3 Å². The number of carbonyl (C=O) groups excluding carboxylic acids is 2. The Bertz CT molecular complexity index is 872. The SMILES string of the molecule is Cc1cc(C(=O)N[C@@H](C)c2ncn[nH]2)ccc1NC(=O)c1ccco1. The standard InChI is InChI=1S/C17H17N5O3/c1-10-8-12(16(23)20-11(2)15-18-9-19-22-15)5-6-13(10)21-17(24)14-4-3-7-25-14/h3-9,11H,1-2H3,(H,20,23)(H,21,24)(H,18,19,22)/t11-/m0/s1. The van der Waals surface area contributed by atoms with Gasteiger partial charge in [0.15, 0.2) is 5.76 Å². The zero-order valence-electron chi connectivity index (χ0n) is 13.7. The molecule has 3 N–H and O–H groups in total. The number of carbonyl (C=O) groups is 2. The topological polar surface area (TPSA) is 113 Å². The normalized spacial score (nSPS) is 11.8. The number of rotatable bonds is 5. The number of nitrogens with zero attached hydrogens (tertiary/aromatic N) is 2. The number of hydrogen-bond acceptors (Lipinski definition) is 5. The first kappa shape index (κ1) is 16.4. The smallest absolute Gasteiger partial charge is 0.291 e. The van der Waals surface area contributed by atoms with E-state index in [-0.39, 0.29) is 23.6 Å². The second kappa shape index (κ2) is 7.00. The van der Waals surface area contributed by atoms with E-state index in [4.69, 9.17) is 4.42 Å². The van der Waals surface area contributed by atoms with Gasteiger partial charge in [0.2, 0.25) is 0 Å². The first-order chi connectivity index (χ1) is 12.0. The number of anilines is 1. The van der Waals surface area contributed by atoms with Crippen LogP contribution in [-0.2, 0) is 0 Å². The molecule has 1 atom stereocenters. The minimum absolute atomic E-state index is 0.224. The van der Waals surface area contributed by atoms with Gasteiger partial charge in [-0.15, -0.1) is 0 Å². The lowest BCUT2D eigenvalue weighted by molar-refractivity contribution is 0.0937. The molecular formula is C17H17N5O3. The summed E-state index contributed by atoms with van der Waals surface area (Å²) in [5.41, 5.74) is 1.86. The van der Waals surface area contributed by atoms with Crippen LogP contribution >= 0.6 is 0 Å². The quantitative estimate of drug-likeness (QED) is 0.661. The predicted octanol–water partition coefficient (Wildman–Crippen LogP) is 2.45. The molecule has 3 aromatic rings. The molecule has 0 saturated carbocycles. The average molecular weight is 339 g/mol. The summed E-state index contributed by atoms with van der Waals surface area (Å²) >= 11 is 0. The molecule has 2 amide bonds. The van der Waals surface area contributed by atoms with Gasteiger partial charge in [-0.25, -0.2) is 4.98 Å². The van der Waals surface area contributed by atoms with Gasteiger partial charge in [-0.05, 0) is 49.7 Å². The number of amides is 2. The number of aryl methyl sites for hydroxylation is 1. The lowest BCUT2D eigenvalue weighted by atomic mass is 10.1. The van der Waals surface area contributed by atoms with Crippen LogP contribution in [-0.4, -0.2) is 27.0 Å². The maximum Gasteiger partial charge on any atom is 0.291 e. The van der Waals surface area contributed by atoms with Crippen LogP contribution in [0.5, 0.6) is 0 Å². The van der Waals surface area contributed by atoms with Crippen LogP contribution in [0.1, 0.15) is 45.3 Å². The third-order valence-corrected chi connectivity index (χ3v) is 3.67. The summed E-state index contributed by atoms with van der Waals surface area (Å²) in [6.45, 7) is 3.62. The Morgan fingerprint density at radius 2 is 2.08 bits per heavy atom. The van der Waals surface area contributed by atoms with Gasteiger partial charge in [0.25, 0.3) is 11.8 Å². The van der Waals surface area contributed by atoms with E-state index in [2.05, 4.69) is 25.8 Å². The molecule has 2 aromatic heterocycles. The maximum atomic E-state index is 12.3. The van der Waals surface area contributed by atoms with Crippen LogP contribution in [0.4, 0.5) is 5.69 Å². The number of furan rings is 1. The highest BCUT2D eigenvalue weighted by atomic mass is 16.3. The molecule has 1 aromatic carbocycles. The largest absolute Gasteiger partial charge is 0.459 e. The van der Waals surface area contributed by atoms with E-state index in [1.54, 1.807) is 30.3 Å². The van der Waals surface area contributed by atoms with Gasteiger partial charge in [0.1, 0.15) is 12.2 Å². The fourth-order valence-corrected chi connectivity index (χ4v) is 2.31. The Kier molecular flexibility index (Phi) is 4.60. The minimum atomic E-state index is -0.343. The summed E-state index contributed by atoms with van der Waals surface area (Å²) in [7, 11) is 0. The van der Waals surface area contributed by atoms with Crippen LogP contribution in [0.3, 0.4) is 0 Å². The molecule has 0 aliphatic rings. The van der Waals surface area contributed by atoms with Crippen molar-refractivity contribution in [2.24, 2.45) is 0 Å². The lowest BCUT2D eigenvalue weighted by Gasteiger charge is -2.13. The highest BCUT2D eigenvalue weighted by Crippen LogP contribution is 2.18. The van der Waals surface area contributed by atoms with Crippen molar-refractivity contribution < 1.29 is 14.0 Å². The molecule has 128 valence electrons. The Morgan fingerprint density at radius 3 is 2.72 bits per heavy atom. The molecular weight excluding hydrogens is 322 g/mol. The van der Waals surface area contributed by atoms with Crippen LogP contribution in [0, 0.1) is 6.92 Å². The number of H-pyrrole nitrogens is 1. The van der Waals surface area contributed by atoms with E-state index in [0.717, 1.165) is 5.56 Å². The fraction of sp³-hybridized carbons (Fsp3) is 0.176. The number of aromatic amines is 1. The predicted molar refractivity (Wildman–Crippen MR) is 90.1 cm³/mol. The molecule has 0 saturated heterocycles. The molecule has 3 rings (SSSR count). The highest BCUT2D eigenvalue weighted by Gasteiger charge is 2.15. The maximum absolute atomic E-state index is 12.3. The molecule has 0 spiro atoms. The van der Waals surface area contributed by atoms with Crippen LogP contribution in [0.25, 0.3) is 0 Å². The van der Waals surface area contributed by atoms with Crippen molar-refractivity contribution in [1.29, 1.82) is 0 Å². The first-order valence-corrected chi connectivity index (χ1v) is 7.66. The summed E-state index contributed by atoms with van der Waals surface area (Å²) in [5, 5.41) is 12.1. The minimum Gasteiger partial charge on any atom is -0.459 e. The third kappa shape index (κ3) is 3.74. The van der Waals surface area contributed by atoms with E-state index in [9.17, 15) is 9.59 Å². The monoisotopic (exact) mass is 339 g/mol. The number of hydrogen-bond donors (Lipinski definition) is 3. The van der Waals surface area contributed by atoms with Crippen LogP contribution < -0.4 is 10.6 Å². The molecule has 2 heterocycles. The van der Waals surface area contributed by atoms with Crippen molar-refractivity contribution in [3.05, 3.63) is 65.6 Å². The van der Waals surface area contributed by atoms with Gasteiger partial charge >= 0.3 is 0 Å². The van der Waals surface area contributed by atoms with E-state index < -0.39 is 0 Å². The summed E-state index contributed by atoms with van der Waals surface area (Å²) in [6, 6.07) is 7.97. The third-order valence-electron chi connectivity index (χ3n) is 3.67. The second-order valence-corrected chi connectivity index (χ2v) is 5.53. The Labute approximate surface area is 143 Å². The van der Waals surface area contributed by atoms with Crippen molar-refractivity contribution in [1.82, 2.24) is 20.5 Å². The molecule has 0 unspecified atom stereocenters. The van der Waals surface area contributed by atoms with Crippen molar-refractivity contribution in [2.45, 2.75) is 19.9 Å². The zero-order valence-corrected chi connectivity index (χ0v) is 13.7. The zero-order chi connectivity index (χ0) is 17.8. The molecule has 8 heteroatoms. The Balaban J connectivity index is 1.68. The van der Waals surface area contributed by atoms with Crippen molar-refractivity contribution >= 4 is 17.5 Å². The average Bonchev–Trinajstić information content (AvgIpc) is 3.30. The van der Waals surface area contributed by atoms with Crippen molar-refractivity contribution in [3.8, 4) is 0 Å². The molecule has 0 bridgehead atoms. The molecule has 25 heavy (non-hydrogen) atoms. The molecule has 0 aliphatic heterocycles. The van der Waals surface area contributed by atoms with E-state index >= 15 is 0 Å². The van der Waals surface area contributed by atoms with Crippen LogP contribution in [0.15, 0.2) is 47.3 Å². The van der Waals surface area contributed by atoms with Crippen molar-refractivity contribution in [3.63, 3.8) is 0 Å². The molecule has 0 fully saturated rings. The van der Waals surface area contributed by atoms with Gasteiger partial charge in [-0.3, -0.25) is 14.7 Å². The van der Waals surface area contributed by atoms with E-state index in [1.807, 2.05) is 13.8 Å². The van der Waals surface area contributed by atoms with Crippen LogP contribution in [0.2, 0.25) is 0 Å². The second-order valence-electron chi connectivity index (χ2n) is 5.53. The summed E-state index contributed by atoms with van der Waals surface area (Å²) < 4.78 is 5.06. The summed E-state index contributed by atoms with van der Waals surface area (Å²) in [6.07, 6.45) is 2.82. The first-order valence-electron chi connectivity index (χ1n) is 7.66. The van der Waals surface area contributed by atoms with Gasteiger partial charge < -0.3 is 15.1 Å². The molecule has 0 radical (unpaired) electrons. The van der Waals surface area contributed by atoms with E-state index in [1.165, 1.54) is 12.6 Å². The number of nitrogens with one attached hydrogen (secondary N) is 3. The van der Waals surface area contributed by atoms with Crippen molar-refractivity contribution in [2.75, 3.05) is 5.32 Å². The molecule has 0 aliphatic carbocycles. The number of aromatic nitrogens is 3. The number of benzene rings is 1. The Morgan fingerprint density at radius 1 is 1.24 bits per heavy atom. The highest BCUT2D eigenvalue weighted by molar-refractivity contribution is 6.03. The fourth-order valence-electron chi connectivity index (χ4n) is 2.31. The van der Waals surface area contributed by atoms with E-state index in [0.29, 0.717) is 17.1 Å². The lowest BCUT2D eigenvalue weighted by Crippen LogP contribution is -2.27.